The van der Waals surface area contributed by atoms with Crippen LogP contribution in [0.2, 0.25) is 0 Å². The van der Waals surface area contributed by atoms with Crippen LogP contribution >= 0.6 is 0 Å². The van der Waals surface area contributed by atoms with Crippen LogP contribution in [0.1, 0.15) is 23.3 Å². The molecule has 1 heterocycles. The molecule has 1 aliphatic rings. The fourth-order valence-corrected chi connectivity index (χ4v) is 1.68. The van der Waals surface area contributed by atoms with Crippen LogP contribution in [0, 0.1) is 5.82 Å². The second-order valence-electron chi connectivity index (χ2n) is 4.39. The third-order valence-corrected chi connectivity index (χ3v) is 2.85. The molecule has 1 aliphatic carbocycles. The molecule has 1 aromatic carbocycles. The highest BCUT2D eigenvalue weighted by Crippen LogP contribution is 2.19. The Morgan fingerprint density at radius 1 is 1.33 bits per heavy atom. The summed E-state index contributed by atoms with van der Waals surface area (Å²) in [6.07, 6.45) is 5.29. The Kier molecular flexibility index (Phi) is 2.59. The molecule has 3 rings (SSSR count). The largest absolute Gasteiger partial charge is 0.348 e. The van der Waals surface area contributed by atoms with E-state index in [4.69, 9.17) is 0 Å². The van der Waals surface area contributed by atoms with Crippen molar-refractivity contribution in [1.29, 1.82) is 0 Å². The molecule has 92 valence electrons. The van der Waals surface area contributed by atoms with Crippen molar-refractivity contribution in [3.63, 3.8) is 0 Å². The zero-order valence-corrected chi connectivity index (χ0v) is 9.64. The van der Waals surface area contributed by atoms with Crippen LogP contribution in [0.4, 0.5) is 4.39 Å². The smallest absolute Gasteiger partial charge is 0.271 e. The predicted molar refractivity (Wildman–Crippen MR) is 64.0 cm³/mol. The van der Waals surface area contributed by atoms with Crippen LogP contribution in [-0.2, 0) is 0 Å². The number of carbonyl (C=O) groups is 1. The summed E-state index contributed by atoms with van der Waals surface area (Å²) in [5, 5.41) is 2.87. The van der Waals surface area contributed by atoms with E-state index in [1.54, 1.807) is 29.2 Å². The second-order valence-corrected chi connectivity index (χ2v) is 4.39. The number of aromatic nitrogens is 2. The van der Waals surface area contributed by atoms with Crippen LogP contribution in [-0.4, -0.2) is 21.5 Å². The summed E-state index contributed by atoms with van der Waals surface area (Å²) in [7, 11) is 0. The molecule has 1 aromatic heterocycles. The predicted octanol–water partition coefficient (Wildman–Crippen LogP) is 1.90. The van der Waals surface area contributed by atoms with E-state index >= 15 is 0 Å². The van der Waals surface area contributed by atoms with Crippen LogP contribution in [0.25, 0.3) is 5.69 Å². The first-order valence-electron chi connectivity index (χ1n) is 5.83. The maximum absolute atomic E-state index is 12.8. The Balaban J connectivity index is 1.79. The van der Waals surface area contributed by atoms with Crippen molar-refractivity contribution in [2.24, 2.45) is 0 Å². The fraction of sp³-hybridized carbons (Fsp3) is 0.231. The van der Waals surface area contributed by atoms with E-state index in [0.717, 1.165) is 18.5 Å². The lowest BCUT2D eigenvalue weighted by Gasteiger charge is -2.01. The van der Waals surface area contributed by atoms with Crippen molar-refractivity contribution in [3.8, 4) is 5.69 Å². The van der Waals surface area contributed by atoms with Crippen molar-refractivity contribution in [2.75, 3.05) is 0 Å². The van der Waals surface area contributed by atoms with Gasteiger partial charge in [0.1, 0.15) is 17.8 Å². The minimum absolute atomic E-state index is 0.154. The summed E-state index contributed by atoms with van der Waals surface area (Å²) in [6, 6.07) is 6.34. The molecule has 0 saturated heterocycles. The van der Waals surface area contributed by atoms with Gasteiger partial charge < -0.3 is 9.88 Å². The molecular formula is C13H12FN3O. The average molecular weight is 245 g/mol. The summed E-state index contributed by atoms with van der Waals surface area (Å²) >= 11 is 0. The SMILES string of the molecule is O=C(NC1CC1)c1cn(-c2ccc(F)cc2)cn1. The summed E-state index contributed by atoms with van der Waals surface area (Å²) < 4.78 is 14.5. The minimum Gasteiger partial charge on any atom is -0.348 e. The number of amides is 1. The van der Waals surface area contributed by atoms with Gasteiger partial charge in [0.25, 0.3) is 5.91 Å². The lowest BCUT2D eigenvalue weighted by atomic mass is 10.3. The fourth-order valence-electron chi connectivity index (χ4n) is 1.68. The molecule has 0 spiro atoms. The van der Waals surface area contributed by atoms with E-state index in [-0.39, 0.29) is 11.7 Å². The molecule has 0 atom stereocenters. The van der Waals surface area contributed by atoms with Gasteiger partial charge in [0.2, 0.25) is 0 Å². The van der Waals surface area contributed by atoms with E-state index in [1.165, 1.54) is 12.1 Å². The minimum atomic E-state index is -0.287. The van der Waals surface area contributed by atoms with Crippen LogP contribution in [0.5, 0.6) is 0 Å². The lowest BCUT2D eigenvalue weighted by Crippen LogP contribution is -2.25. The topological polar surface area (TPSA) is 46.9 Å². The van der Waals surface area contributed by atoms with E-state index < -0.39 is 0 Å². The Labute approximate surface area is 103 Å². The molecule has 18 heavy (non-hydrogen) atoms. The average Bonchev–Trinajstić information content (AvgIpc) is 3.04. The number of halogens is 1. The number of hydrogen-bond acceptors (Lipinski definition) is 2. The molecule has 0 bridgehead atoms. The highest BCUT2D eigenvalue weighted by Gasteiger charge is 2.24. The van der Waals surface area contributed by atoms with Crippen LogP contribution in [0.15, 0.2) is 36.8 Å². The maximum atomic E-state index is 12.8. The molecule has 2 aromatic rings. The van der Waals surface area contributed by atoms with Crippen molar-refractivity contribution in [1.82, 2.24) is 14.9 Å². The highest BCUT2D eigenvalue weighted by molar-refractivity contribution is 5.92. The molecule has 4 nitrogen and oxygen atoms in total. The third-order valence-electron chi connectivity index (χ3n) is 2.85. The quantitative estimate of drug-likeness (QED) is 0.897. The van der Waals surface area contributed by atoms with Gasteiger partial charge in [0.05, 0.1) is 0 Å². The van der Waals surface area contributed by atoms with Gasteiger partial charge >= 0.3 is 0 Å². The van der Waals surface area contributed by atoms with Gasteiger partial charge in [-0.05, 0) is 37.1 Å². The normalized spacial score (nSPS) is 14.5. The number of carbonyl (C=O) groups excluding carboxylic acids is 1. The first-order chi connectivity index (χ1) is 8.72. The monoisotopic (exact) mass is 245 g/mol. The first-order valence-corrected chi connectivity index (χ1v) is 5.83. The number of hydrogen-bond donors (Lipinski definition) is 1. The number of imidazole rings is 1. The molecule has 1 N–H and O–H groups in total. The molecule has 5 heteroatoms. The van der Waals surface area contributed by atoms with Gasteiger partial charge in [-0.1, -0.05) is 0 Å². The first kappa shape index (κ1) is 11.0. The molecular weight excluding hydrogens is 233 g/mol. The maximum Gasteiger partial charge on any atom is 0.271 e. The zero-order chi connectivity index (χ0) is 12.5. The second kappa shape index (κ2) is 4.25. The third kappa shape index (κ3) is 2.25. The molecule has 1 fully saturated rings. The molecule has 0 unspecified atom stereocenters. The molecule has 0 radical (unpaired) electrons. The zero-order valence-electron chi connectivity index (χ0n) is 9.64. The Morgan fingerprint density at radius 2 is 2.06 bits per heavy atom. The van der Waals surface area contributed by atoms with Gasteiger partial charge in [-0.3, -0.25) is 4.79 Å². The van der Waals surface area contributed by atoms with E-state index in [0.29, 0.717) is 11.7 Å². The number of benzene rings is 1. The van der Waals surface area contributed by atoms with Crippen LogP contribution < -0.4 is 5.32 Å². The summed E-state index contributed by atoms with van der Waals surface area (Å²) in [5.74, 6) is -0.441. The van der Waals surface area contributed by atoms with E-state index in [2.05, 4.69) is 10.3 Å². The van der Waals surface area contributed by atoms with Crippen LogP contribution in [0.3, 0.4) is 0 Å². The van der Waals surface area contributed by atoms with Crippen molar-refractivity contribution in [3.05, 3.63) is 48.3 Å². The molecule has 1 saturated carbocycles. The number of nitrogens with one attached hydrogen (secondary N) is 1. The number of rotatable bonds is 3. The van der Waals surface area contributed by atoms with E-state index in [9.17, 15) is 9.18 Å². The van der Waals surface area contributed by atoms with E-state index in [1.807, 2.05) is 0 Å². The van der Waals surface area contributed by atoms with Crippen molar-refractivity contribution >= 4 is 5.91 Å². The summed E-state index contributed by atoms with van der Waals surface area (Å²) in [5.41, 5.74) is 1.15. The molecule has 0 aliphatic heterocycles. The summed E-state index contributed by atoms with van der Waals surface area (Å²) in [4.78, 5) is 15.8. The van der Waals surface area contributed by atoms with Gasteiger partial charge in [0.15, 0.2) is 0 Å². The number of nitrogens with zero attached hydrogens (tertiary/aromatic N) is 2. The molecule has 1 amide bonds. The standard InChI is InChI=1S/C13H12FN3O/c14-9-1-5-11(6-2-9)17-7-12(15-8-17)13(18)16-10-3-4-10/h1-2,5-8,10H,3-4H2,(H,16,18). The Bertz CT molecular complexity index is 572. The van der Waals surface area contributed by atoms with Crippen molar-refractivity contribution in [2.45, 2.75) is 18.9 Å². The highest BCUT2D eigenvalue weighted by atomic mass is 19.1. The van der Waals surface area contributed by atoms with Gasteiger partial charge in [-0.2, -0.15) is 0 Å². The van der Waals surface area contributed by atoms with Gasteiger partial charge in [0, 0.05) is 17.9 Å². The Hall–Kier alpha value is -2.17. The van der Waals surface area contributed by atoms with Gasteiger partial charge in [-0.25, -0.2) is 9.37 Å². The lowest BCUT2D eigenvalue weighted by molar-refractivity contribution is 0.0946. The van der Waals surface area contributed by atoms with Crippen molar-refractivity contribution < 1.29 is 9.18 Å². The Morgan fingerprint density at radius 3 is 2.72 bits per heavy atom. The summed E-state index contributed by atoms with van der Waals surface area (Å²) in [6.45, 7) is 0. The van der Waals surface area contributed by atoms with Gasteiger partial charge in [-0.15, -0.1) is 0 Å².